The minimum absolute atomic E-state index is 0.0518. The van der Waals surface area contributed by atoms with Crippen LogP contribution in [-0.2, 0) is 9.53 Å². The molecule has 0 rings (SSSR count). The third-order valence-corrected chi connectivity index (χ3v) is 2.92. The Morgan fingerprint density at radius 3 is 2.29 bits per heavy atom. The van der Waals surface area contributed by atoms with E-state index < -0.39 is 0 Å². The molecule has 3 atom stereocenters. The van der Waals surface area contributed by atoms with Crippen LogP contribution in [0.4, 0.5) is 0 Å². The number of Topliss-reactive ketones (excluding diaryl/α,β-unsaturated/α-hetero) is 1. The van der Waals surface area contributed by atoms with E-state index in [9.17, 15) is 4.79 Å². The van der Waals surface area contributed by atoms with E-state index in [4.69, 9.17) is 10.5 Å². The summed E-state index contributed by atoms with van der Waals surface area (Å²) in [6, 6.07) is 0. The second-order valence-electron chi connectivity index (χ2n) is 4.85. The molecule has 0 heterocycles. The van der Waals surface area contributed by atoms with Crippen LogP contribution in [0.3, 0.4) is 0 Å². The van der Waals surface area contributed by atoms with Crippen LogP contribution >= 0.6 is 0 Å². The van der Waals surface area contributed by atoms with Gasteiger partial charge in [-0.05, 0) is 26.2 Å². The summed E-state index contributed by atoms with van der Waals surface area (Å²) in [6.07, 6.45) is 3.95. The summed E-state index contributed by atoms with van der Waals surface area (Å²) in [5.74, 6) is 0.585. The van der Waals surface area contributed by atoms with Crippen molar-refractivity contribution in [2.24, 2.45) is 17.6 Å². The van der Waals surface area contributed by atoms with Crippen LogP contribution in [0.5, 0.6) is 0 Å². The van der Waals surface area contributed by atoms with Crippen molar-refractivity contribution in [3.63, 3.8) is 0 Å². The van der Waals surface area contributed by atoms with Crippen LogP contribution < -0.4 is 5.73 Å². The highest BCUT2D eigenvalue weighted by atomic mass is 16.5. The first-order valence-electron chi connectivity index (χ1n) is 6.49. The van der Waals surface area contributed by atoms with E-state index in [-0.39, 0.29) is 24.2 Å². The van der Waals surface area contributed by atoms with E-state index in [1.807, 2.05) is 13.8 Å². The molecule has 0 aromatic rings. The van der Waals surface area contributed by atoms with Crippen molar-refractivity contribution in [1.29, 1.82) is 0 Å². The number of ketones is 1. The Kier molecular flexibility index (Phi) is 8.09. The molecule has 0 saturated heterocycles. The highest BCUT2D eigenvalue weighted by Gasteiger charge is 2.20. The number of hydrogen-bond acceptors (Lipinski definition) is 3. The first kappa shape index (κ1) is 16.3. The van der Waals surface area contributed by atoms with Gasteiger partial charge in [-0.25, -0.2) is 0 Å². The molecule has 0 fully saturated rings. The SMILES string of the molecule is C=CC(CCC(CC)C(=O)C(C)C)OC(C)N. The van der Waals surface area contributed by atoms with Crippen molar-refractivity contribution in [3.05, 3.63) is 12.7 Å². The smallest absolute Gasteiger partial charge is 0.138 e. The number of ether oxygens (including phenoxy) is 1. The minimum atomic E-state index is -0.293. The summed E-state index contributed by atoms with van der Waals surface area (Å²) in [7, 11) is 0. The Morgan fingerprint density at radius 1 is 1.35 bits per heavy atom. The molecule has 0 saturated carbocycles. The quantitative estimate of drug-likeness (QED) is 0.499. The second-order valence-corrected chi connectivity index (χ2v) is 4.85. The number of hydrogen-bond donors (Lipinski definition) is 1. The van der Waals surface area contributed by atoms with Gasteiger partial charge < -0.3 is 10.5 Å². The molecule has 3 heteroatoms. The highest BCUT2D eigenvalue weighted by Crippen LogP contribution is 2.19. The Hall–Kier alpha value is -0.670. The third-order valence-electron chi connectivity index (χ3n) is 2.92. The maximum Gasteiger partial charge on any atom is 0.138 e. The van der Waals surface area contributed by atoms with Gasteiger partial charge in [-0.3, -0.25) is 4.79 Å². The Labute approximate surface area is 105 Å². The molecule has 3 unspecified atom stereocenters. The van der Waals surface area contributed by atoms with Gasteiger partial charge in [0.15, 0.2) is 0 Å². The topological polar surface area (TPSA) is 52.3 Å². The summed E-state index contributed by atoms with van der Waals surface area (Å²) in [5.41, 5.74) is 5.58. The van der Waals surface area contributed by atoms with Gasteiger partial charge in [0.2, 0.25) is 0 Å². The molecular weight excluding hydrogens is 214 g/mol. The molecule has 2 N–H and O–H groups in total. The highest BCUT2D eigenvalue weighted by molar-refractivity contribution is 5.82. The normalized spacial score (nSPS) is 16.6. The van der Waals surface area contributed by atoms with Gasteiger partial charge in [0.05, 0.1) is 6.10 Å². The Balaban J connectivity index is 4.20. The number of nitrogens with two attached hydrogens (primary N) is 1. The van der Waals surface area contributed by atoms with Gasteiger partial charge in [-0.1, -0.05) is 26.8 Å². The van der Waals surface area contributed by atoms with Gasteiger partial charge in [-0.2, -0.15) is 0 Å². The van der Waals surface area contributed by atoms with Crippen molar-refractivity contribution in [2.75, 3.05) is 0 Å². The molecule has 0 aromatic heterocycles. The van der Waals surface area contributed by atoms with Crippen LogP contribution in [0, 0.1) is 11.8 Å². The fourth-order valence-electron chi connectivity index (χ4n) is 1.90. The molecule has 0 amide bonds. The predicted molar refractivity (Wildman–Crippen MR) is 71.6 cm³/mol. The van der Waals surface area contributed by atoms with Crippen molar-refractivity contribution in [1.82, 2.24) is 0 Å². The largest absolute Gasteiger partial charge is 0.357 e. The van der Waals surface area contributed by atoms with E-state index in [1.165, 1.54) is 0 Å². The lowest BCUT2D eigenvalue weighted by Crippen LogP contribution is -2.27. The molecule has 0 aliphatic carbocycles. The van der Waals surface area contributed by atoms with Crippen LogP contribution in [0.1, 0.15) is 47.0 Å². The Bertz CT molecular complexity index is 236. The third kappa shape index (κ3) is 6.59. The molecule has 0 aromatic carbocycles. The predicted octanol–water partition coefficient (Wildman–Crippen LogP) is 2.89. The molecule has 0 aliphatic rings. The van der Waals surface area contributed by atoms with Crippen molar-refractivity contribution in [3.8, 4) is 0 Å². The molecule has 0 aliphatic heterocycles. The standard InChI is InChI=1S/C14H27NO2/c1-6-12(14(16)10(3)4)8-9-13(7-2)17-11(5)15/h7,10-13H,2,6,8-9,15H2,1,3-5H3. The second kappa shape index (κ2) is 8.43. The van der Waals surface area contributed by atoms with Gasteiger partial charge >= 0.3 is 0 Å². The van der Waals surface area contributed by atoms with E-state index >= 15 is 0 Å². The van der Waals surface area contributed by atoms with Gasteiger partial charge in [0, 0.05) is 11.8 Å². The summed E-state index contributed by atoms with van der Waals surface area (Å²) in [5, 5.41) is 0. The van der Waals surface area contributed by atoms with Gasteiger partial charge in [0.1, 0.15) is 12.0 Å². The molecule has 100 valence electrons. The lowest BCUT2D eigenvalue weighted by atomic mass is 9.88. The van der Waals surface area contributed by atoms with E-state index in [1.54, 1.807) is 13.0 Å². The number of carbonyl (C=O) groups excluding carboxylic acids is 1. The number of carbonyl (C=O) groups is 1. The zero-order chi connectivity index (χ0) is 13.4. The van der Waals surface area contributed by atoms with Crippen LogP contribution in [0.25, 0.3) is 0 Å². The summed E-state index contributed by atoms with van der Waals surface area (Å²) < 4.78 is 5.48. The van der Waals surface area contributed by atoms with E-state index in [0.29, 0.717) is 5.78 Å². The molecule has 3 nitrogen and oxygen atoms in total. The maximum absolute atomic E-state index is 11.9. The fraction of sp³-hybridized carbons (Fsp3) is 0.786. The number of rotatable bonds is 9. The van der Waals surface area contributed by atoms with Crippen LogP contribution in [-0.4, -0.2) is 18.1 Å². The van der Waals surface area contributed by atoms with Gasteiger partial charge in [-0.15, -0.1) is 6.58 Å². The van der Waals surface area contributed by atoms with Crippen molar-refractivity contribution in [2.45, 2.75) is 59.3 Å². The van der Waals surface area contributed by atoms with E-state index in [0.717, 1.165) is 19.3 Å². The van der Waals surface area contributed by atoms with Crippen LogP contribution in [0.2, 0.25) is 0 Å². The Morgan fingerprint density at radius 2 is 1.94 bits per heavy atom. The van der Waals surface area contributed by atoms with Crippen molar-refractivity contribution < 1.29 is 9.53 Å². The lowest BCUT2D eigenvalue weighted by Gasteiger charge is -2.20. The van der Waals surface area contributed by atoms with E-state index in [2.05, 4.69) is 13.5 Å². The lowest BCUT2D eigenvalue weighted by molar-refractivity contribution is -0.126. The average Bonchev–Trinajstić information content (AvgIpc) is 2.27. The summed E-state index contributed by atoms with van der Waals surface area (Å²) in [4.78, 5) is 11.9. The van der Waals surface area contributed by atoms with Gasteiger partial charge in [0.25, 0.3) is 0 Å². The average molecular weight is 241 g/mol. The first-order chi connectivity index (χ1) is 7.92. The monoisotopic (exact) mass is 241 g/mol. The first-order valence-corrected chi connectivity index (χ1v) is 6.49. The maximum atomic E-state index is 11.9. The summed E-state index contributed by atoms with van der Waals surface area (Å²) in [6.45, 7) is 11.5. The minimum Gasteiger partial charge on any atom is -0.357 e. The zero-order valence-corrected chi connectivity index (χ0v) is 11.6. The molecule has 17 heavy (non-hydrogen) atoms. The fourth-order valence-corrected chi connectivity index (χ4v) is 1.90. The molecule has 0 radical (unpaired) electrons. The summed E-state index contributed by atoms with van der Waals surface area (Å²) >= 11 is 0. The van der Waals surface area contributed by atoms with Crippen molar-refractivity contribution >= 4 is 5.78 Å². The zero-order valence-electron chi connectivity index (χ0n) is 11.6. The molecule has 0 spiro atoms. The molecular formula is C14H27NO2. The molecule has 0 bridgehead atoms. The van der Waals surface area contributed by atoms with Crippen LogP contribution in [0.15, 0.2) is 12.7 Å².